The summed E-state index contributed by atoms with van der Waals surface area (Å²) in [6, 6.07) is 15.8. The summed E-state index contributed by atoms with van der Waals surface area (Å²) in [6.45, 7) is 5.56. The SMILES string of the molecule is CCN(C(=O)CNCc1ccccc1OC)c1cccc(C)c1. The van der Waals surface area contributed by atoms with E-state index >= 15 is 0 Å². The van der Waals surface area contributed by atoms with Crippen LogP contribution in [0, 0.1) is 6.92 Å². The molecule has 0 aliphatic rings. The van der Waals surface area contributed by atoms with Gasteiger partial charge in [-0.25, -0.2) is 0 Å². The minimum absolute atomic E-state index is 0.0630. The molecule has 0 saturated heterocycles. The maximum Gasteiger partial charge on any atom is 0.240 e. The molecule has 4 heteroatoms. The molecule has 0 bridgehead atoms. The predicted octanol–water partition coefficient (Wildman–Crippen LogP) is 3.15. The Kier molecular flexibility index (Phi) is 6.18. The first-order chi connectivity index (χ1) is 11.2. The van der Waals surface area contributed by atoms with Crippen LogP contribution in [0.4, 0.5) is 5.69 Å². The highest BCUT2D eigenvalue weighted by atomic mass is 16.5. The van der Waals surface area contributed by atoms with E-state index in [2.05, 4.69) is 5.32 Å². The molecular weight excluding hydrogens is 288 g/mol. The summed E-state index contributed by atoms with van der Waals surface area (Å²) in [5, 5.41) is 3.20. The first kappa shape index (κ1) is 17.0. The average Bonchev–Trinajstić information content (AvgIpc) is 2.56. The van der Waals surface area contributed by atoms with Gasteiger partial charge in [0.25, 0.3) is 0 Å². The van der Waals surface area contributed by atoms with Gasteiger partial charge in [0.1, 0.15) is 5.75 Å². The number of aryl methyl sites for hydroxylation is 1. The Bertz CT molecular complexity index is 655. The summed E-state index contributed by atoms with van der Waals surface area (Å²) in [7, 11) is 1.65. The lowest BCUT2D eigenvalue weighted by Crippen LogP contribution is -2.38. The third kappa shape index (κ3) is 4.57. The molecule has 0 fully saturated rings. The van der Waals surface area contributed by atoms with E-state index in [1.165, 1.54) is 0 Å². The number of rotatable bonds is 7. The molecule has 2 aromatic rings. The third-order valence-electron chi connectivity index (χ3n) is 3.71. The number of carbonyl (C=O) groups is 1. The maximum atomic E-state index is 12.5. The highest BCUT2D eigenvalue weighted by Gasteiger charge is 2.13. The van der Waals surface area contributed by atoms with E-state index in [0.717, 1.165) is 22.6 Å². The first-order valence-electron chi connectivity index (χ1n) is 7.85. The van der Waals surface area contributed by atoms with Crippen molar-refractivity contribution in [2.45, 2.75) is 20.4 Å². The van der Waals surface area contributed by atoms with Gasteiger partial charge in [-0.05, 0) is 37.6 Å². The van der Waals surface area contributed by atoms with Crippen LogP contribution < -0.4 is 15.0 Å². The average molecular weight is 312 g/mol. The van der Waals surface area contributed by atoms with Crippen molar-refractivity contribution in [2.75, 3.05) is 25.1 Å². The Labute approximate surface area is 138 Å². The molecule has 0 aliphatic carbocycles. The second kappa shape index (κ2) is 8.34. The number of hydrogen-bond acceptors (Lipinski definition) is 3. The monoisotopic (exact) mass is 312 g/mol. The number of para-hydroxylation sites is 1. The zero-order valence-electron chi connectivity index (χ0n) is 14.0. The largest absolute Gasteiger partial charge is 0.496 e. The van der Waals surface area contributed by atoms with Crippen LogP contribution in [0.3, 0.4) is 0 Å². The van der Waals surface area contributed by atoms with Crippen molar-refractivity contribution in [3.63, 3.8) is 0 Å². The maximum absolute atomic E-state index is 12.5. The van der Waals surface area contributed by atoms with Crippen LogP contribution in [0.25, 0.3) is 0 Å². The van der Waals surface area contributed by atoms with Gasteiger partial charge in [-0.2, -0.15) is 0 Å². The topological polar surface area (TPSA) is 41.6 Å². The fraction of sp³-hybridized carbons (Fsp3) is 0.316. The molecule has 4 nitrogen and oxygen atoms in total. The van der Waals surface area contributed by atoms with Crippen molar-refractivity contribution in [1.29, 1.82) is 0 Å². The standard InChI is InChI=1S/C19H24N2O2/c1-4-21(17-10-7-8-15(2)12-17)19(22)14-20-13-16-9-5-6-11-18(16)23-3/h5-12,20H,4,13-14H2,1-3H3. The molecule has 1 amide bonds. The first-order valence-corrected chi connectivity index (χ1v) is 7.85. The number of anilines is 1. The molecule has 2 aromatic carbocycles. The normalized spacial score (nSPS) is 10.4. The van der Waals surface area contributed by atoms with Gasteiger partial charge >= 0.3 is 0 Å². The van der Waals surface area contributed by atoms with Crippen LogP contribution in [0.5, 0.6) is 5.75 Å². The van der Waals surface area contributed by atoms with Crippen molar-refractivity contribution in [2.24, 2.45) is 0 Å². The summed E-state index contributed by atoms with van der Waals surface area (Å²) < 4.78 is 5.32. The fourth-order valence-electron chi connectivity index (χ4n) is 2.55. The minimum Gasteiger partial charge on any atom is -0.496 e. The number of methoxy groups -OCH3 is 1. The molecule has 0 saturated carbocycles. The molecule has 0 atom stereocenters. The minimum atomic E-state index is 0.0630. The number of likely N-dealkylation sites (N-methyl/N-ethyl adjacent to an activating group) is 1. The second-order valence-electron chi connectivity index (χ2n) is 5.39. The number of nitrogens with one attached hydrogen (secondary N) is 1. The lowest BCUT2D eigenvalue weighted by atomic mass is 10.2. The van der Waals surface area contributed by atoms with Gasteiger partial charge in [0.05, 0.1) is 13.7 Å². The number of benzene rings is 2. The molecule has 2 rings (SSSR count). The van der Waals surface area contributed by atoms with Crippen LogP contribution in [0.2, 0.25) is 0 Å². The lowest BCUT2D eigenvalue weighted by molar-refractivity contribution is -0.117. The van der Waals surface area contributed by atoms with Crippen LogP contribution in [0.15, 0.2) is 48.5 Å². The van der Waals surface area contributed by atoms with Crippen molar-refractivity contribution in [3.05, 3.63) is 59.7 Å². The molecule has 0 spiro atoms. The number of ether oxygens (including phenoxy) is 1. The second-order valence-corrected chi connectivity index (χ2v) is 5.39. The number of amides is 1. The predicted molar refractivity (Wildman–Crippen MR) is 93.9 cm³/mol. The van der Waals surface area contributed by atoms with Crippen LogP contribution in [-0.2, 0) is 11.3 Å². The summed E-state index contributed by atoms with van der Waals surface area (Å²) >= 11 is 0. The van der Waals surface area contributed by atoms with Crippen LogP contribution in [0.1, 0.15) is 18.1 Å². The molecule has 0 unspecified atom stereocenters. The Balaban J connectivity index is 1.95. The zero-order chi connectivity index (χ0) is 16.7. The van der Waals surface area contributed by atoms with Gasteiger partial charge < -0.3 is 15.0 Å². The van der Waals surface area contributed by atoms with Crippen molar-refractivity contribution < 1.29 is 9.53 Å². The molecule has 0 aromatic heterocycles. The molecular formula is C19H24N2O2. The Morgan fingerprint density at radius 3 is 2.65 bits per heavy atom. The lowest BCUT2D eigenvalue weighted by Gasteiger charge is -2.22. The Morgan fingerprint density at radius 1 is 1.17 bits per heavy atom. The van der Waals surface area contributed by atoms with Gasteiger partial charge in [0.2, 0.25) is 5.91 Å². The van der Waals surface area contributed by atoms with Gasteiger partial charge in [0.15, 0.2) is 0 Å². The third-order valence-corrected chi connectivity index (χ3v) is 3.71. The zero-order valence-corrected chi connectivity index (χ0v) is 14.0. The molecule has 0 aliphatic heterocycles. The molecule has 122 valence electrons. The van der Waals surface area contributed by atoms with Crippen molar-refractivity contribution >= 4 is 11.6 Å². The van der Waals surface area contributed by atoms with Gasteiger partial charge in [-0.15, -0.1) is 0 Å². The highest BCUT2D eigenvalue weighted by Crippen LogP contribution is 2.17. The van der Waals surface area contributed by atoms with E-state index in [4.69, 9.17) is 4.74 Å². The van der Waals surface area contributed by atoms with Gasteiger partial charge in [-0.1, -0.05) is 30.3 Å². The summed E-state index contributed by atoms with van der Waals surface area (Å²) in [5.41, 5.74) is 3.13. The van der Waals surface area contributed by atoms with Gasteiger partial charge in [0, 0.05) is 24.3 Å². The quantitative estimate of drug-likeness (QED) is 0.854. The smallest absolute Gasteiger partial charge is 0.240 e. The summed E-state index contributed by atoms with van der Waals surface area (Å²) in [5.74, 6) is 0.895. The summed E-state index contributed by atoms with van der Waals surface area (Å²) in [6.07, 6.45) is 0. The van der Waals surface area contributed by atoms with E-state index in [-0.39, 0.29) is 5.91 Å². The van der Waals surface area contributed by atoms with E-state index < -0.39 is 0 Å². The van der Waals surface area contributed by atoms with Crippen molar-refractivity contribution in [3.8, 4) is 5.75 Å². The molecule has 23 heavy (non-hydrogen) atoms. The highest BCUT2D eigenvalue weighted by molar-refractivity contribution is 5.94. The van der Waals surface area contributed by atoms with Crippen LogP contribution in [-0.4, -0.2) is 26.1 Å². The van der Waals surface area contributed by atoms with Crippen molar-refractivity contribution in [1.82, 2.24) is 5.32 Å². The molecule has 1 N–H and O–H groups in total. The van der Waals surface area contributed by atoms with E-state index in [0.29, 0.717) is 19.6 Å². The Hall–Kier alpha value is -2.33. The summed E-state index contributed by atoms with van der Waals surface area (Å²) in [4.78, 5) is 14.3. The van der Waals surface area contributed by atoms with E-state index in [1.54, 1.807) is 12.0 Å². The number of nitrogens with zero attached hydrogens (tertiary/aromatic N) is 1. The number of hydrogen-bond donors (Lipinski definition) is 1. The van der Waals surface area contributed by atoms with Crippen LogP contribution >= 0.6 is 0 Å². The van der Waals surface area contributed by atoms with Gasteiger partial charge in [-0.3, -0.25) is 4.79 Å². The van der Waals surface area contributed by atoms with E-state index in [1.807, 2.05) is 62.4 Å². The Morgan fingerprint density at radius 2 is 1.96 bits per heavy atom. The van der Waals surface area contributed by atoms with E-state index in [9.17, 15) is 4.79 Å². The molecule has 0 heterocycles. The number of carbonyl (C=O) groups excluding carboxylic acids is 1. The fourth-order valence-corrected chi connectivity index (χ4v) is 2.55. The molecule has 0 radical (unpaired) electrons.